The molecule has 1 atom stereocenters. The minimum atomic E-state index is 0. The Bertz CT molecular complexity index is 1030. The zero-order chi connectivity index (χ0) is 21.6. The predicted octanol–water partition coefficient (Wildman–Crippen LogP) is 3.31. The lowest BCUT2D eigenvalue weighted by Gasteiger charge is -2.15. The van der Waals surface area contributed by atoms with E-state index in [1.807, 2.05) is 19.1 Å². The number of aromatic amines is 1. The van der Waals surface area contributed by atoms with Crippen LogP contribution in [0.2, 0.25) is 0 Å². The first-order valence-corrected chi connectivity index (χ1v) is 10.5. The first kappa shape index (κ1) is 23.9. The number of ether oxygens (including phenoxy) is 2. The van der Waals surface area contributed by atoms with Crippen molar-refractivity contribution in [2.45, 2.75) is 39.3 Å². The molecule has 2 aromatic heterocycles. The molecule has 172 valence electrons. The second-order valence-electron chi connectivity index (χ2n) is 7.32. The smallest absolute Gasteiger partial charge is 0.216 e. The van der Waals surface area contributed by atoms with Gasteiger partial charge in [-0.25, -0.2) is 4.98 Å². The van der Waals surface area contributed by atoms with Gasteiger partial charge < -0.3 is 24.5 Å². The molecule has 0 amide bonds. The van der Waals surface area contributed by atoms with Crippen LogP contribution < -0.4 is 20.1 Å². The molecule has 3 aromatic rings. The van der Waals surface area contributed by atoms with Crippen LogP contribution in [0.5, 0.6) is 11.5 Å². The number of hydrogen-bond acceptors (Lipinski definition) is 6. The molecule has 1 unspecified atom stereocenters. The van der Waals surface area contributed by atoms with Crippen molar-refractivity contribution in [3.63, 3.8) is 0 Å². The van der Waals surface area contributed by atoms with Gasteiger partial charge in [-0.2, -0.15) is 5.10 Å². The lowest BCUT2D eigenvalue weighted by Crippen LogP contribution is -2.38. The molecule has 3 heterocycles. The number of nitrogens with zero attached hydrogens (tertiary/aromatic N) is 3. The van der Waals surface area contributed by atoms with Gasteiger partial charge in [-0.05, 0) is 38.1 Å². The molecule has 9 nitrogen and oxygen atoms in total. The largest absolute Gasteiger partial charge is 0.494 e. The zero-order valence-electron chi connectivity index (χ0n) is 18.5. The summed E-state index contributed by atoms with van der Waals surface area (Å²) in [5, 5.41) is 13.8. The molecular weight excluding hydrogens is 523 g/mol. The molecule has 1 aliphatic heterocycles. The van der Waals surface area contributed by atoms with Gasteiger partial charge in [0.25, 0.3) is 0 Å². The molecule has 32 heavy (non-hydrogen) atoms. The molecule has 0 saturated carbocycles. The van der Waals surface area contributed by atoms with Gasteiger partial charge in [0, 0.05) is 44.1 Å². The van der Waals surface area contributed by atoms with Crippen LogP contribution in [0.25, 0.3) is 11.6 Å². The van der Waals surface area contributed by atoms with Gasteiger partial charge in [-0.15, -0.1) is 24.0 Å². The van der Waals surface area contributed by atoms with Crippen LogP contribution in [0.3, 0.4) is 0 Å². The molecule has 0 radical (unpaired) electrons. The van der Waals surface area contributed by atoms with E-state index in [-0.39, 0.29) is 30.1 Å². The van der Waals surface area contributed by atoms with E-state index >= 15 is 0 Å². The van der Waals surface area contributed by atoms with Crippen LogP contribution in [0, 0.1) is 0 Å². The quantitative estimate of drug-likeness (QED) is 0.224. The molecule has 1 aromatic carbocycles. The summed E-state index contributed by atoms with van der Waals surface area (Å²) in [6.07, 6.45) is 3.39. The monoisotopic (exact) mass is 552 g/mol. The van der Waals surface area contributed by atoms with Gasteiger partial charge in [0.2, 0.25) is 5.82 Å². The summed E-state index contributed by atoms with van der Waals surface area (Å²) in [6, 6.07) is 7.80. The van der Waals surface area contributed by atoms with E-state index < -0.39 is 0 Å². The molecule has 0 bridgehead atoms. The Morgan fingerprint density at radius 1 is 1.34 bits per heavy atom. The van der Waals surface area contributed by atoms with Gasteiger partial charge in [0.1, 0.15) is 23.4 Å². The number of rotatable bonds is 8. The number of hydrogen-bond donors (Lipinski definition) is 3. The maximum atomic E-state index is 5.90. The van der Waals surface area contributed by atoms with E-state index in [0.29, 0.717) is 43.7 Å². The fourth-order valence-corrected chi connectivity index (χ4v) is 3.53. The number of fused-ring (bicyclic) bond motifs is 1. The molecular formula is C22H29IN6O3. The Balaban J connectivity index is 0.00000289. The normalized spacial score (nSPS) is 15.0. The van der Waals surface area contributed by atoms with Crippen molar-refractivity contribution in [3.8, 4) is 23.1 Å². The maximum Gasteiger partial charge on any atom is 0.216 e. The molecule has 0 fully saturated rings. The van der Waals surface area contributed by atoms with Crippen molar-refractivity contribution >= 4 is 29.9 Å². The van der Waals surface area contributed by atoms with E-state index in [9.17, 15) is 0 Å². The fourth-order valence-electron chi connectivity index (χ4n) is 3.53. The van der Waals surface area contributed by atoms with Crippen molar-refractivity contribution in [1.82, 2.24) is 25.8 Å². The Kier molecular flexibility index (Phi) is 8.37. The van der Waals surface area contributed by atoms with E-state index in [4.69, 9.17) is 13.9 Å². The van der Waals surface area contributed by atoms with Gasteiger partial charge in [0.05, 0.1) is 12.9 Å². The summed E-state index contributed by atoms with van der Waals surface area (Å²) in [6.45, 7) is 5.91. The number of halogens is 1. The second-order valence-corrected chi connectivity index (χ2v) is 7.32. The van der Waals surface area contributed by atoms with Gasteiger partial charge in [-0.3, -0.25) is 10.1 Å². The third kappa shape index (κ3) is 5.72. The van der Waals surface area contributed by atoms with E-state index in [2.05, 4.69) is 49.9 Å². The van der Waals surface area contributed by atoms with Gasteiger partial charge in [0.15, 0.2) is 11.7 Å². The number of aromatic nitrogens is 3. The summed E-state index contributed by atoms with van der Waals surface area (Å²) in [5.74, 6) is 4.49. The van der Waals surface area contributed by atoms with Crippen molar-refractivity contribution < 1.29 is 13.9 Å². The maximum absolute atomic E-state index is 5.90. The lowest BCUT2D eigenvalue weighted by atomic mass is 10.1. The number of furan rings is 1. The third-order valence-corrected chi connectivity index (χ3v) is 4.98. The summed E-state index contributed by atoms with van der Waals surface area (Å²) in [7, 11) is 1.75. The first-order chi connectivity index (χ1) is 15.2. The highest BCUT2D eigenvalue weighted by atomic mass is 127. The fraction of sp³-hybridized carbons (Fsp3) is 0.409. The van der Waals surface area contributed by atoms with Crippen molar-refractivity contribution in [1.29, 1.82) is 0 Å². The van der Waals surface area contributed by atoms with Crippen LogP contribution in [0.4, 0.5) is 0 Å². The van der Waals surface area contributed by atoms with Crippen LogP contribution in [-0.2, 0) is 19.4 Å². The summed E-state index contributed by atoms with van der Waals surface area (Å²) in [4.78, 5) is 8.75. The number of nitrogens with one attached hydrogen (secondary N) is 3. The average Bonchev–Trinajstić information content (AvgIpc) is 3.50. The molecule has 0 saturated heterocycles. The third-order valence-electron chi connectivity index (χ3n) is 4.98. The number of benzene rings is 1. The van der Waals surface area contributed by atoms with Crippen LogP contribution >= 0.6 is 24.0 Å². The van der Waals surface area contributed by atoms with Gasteiger partial charge in [-0.1, -0.05) is 0 Å². The number of guanidine groups is 1. The van der Waals surface area contributed by atoms with Crippen molar-refractivity contribution in [2.75, 3.05) is 20.2 Å². The van der Waals surface area contributed by atoms with E-state index in [1.165, 1.54) is 5.56 Å². The highest BCUT2D eigenvalue weighted by Crippen LogP contribution is 2.35. The Morgan fingerprint density at radius 2 is 2.22 bits per heavy atom. The van der Waals surface area contributed by atoms with Crippen LogP contribution in [-0.4, -0.2) is 47.4 Å². The SMILES string of the molecule is CCOc1cc2c(cc1CNC(=NC)NCCc1nc(-c3ccco3)n[nH]1)OC(C)C2.I. The standard InChI is InChI=1S/C22H28N6O3.HI/c1-4-29-18-11-15-10-14(2)31-19(15)12-16(18)13-25-22(23-3)24-8-7-20-26-21(28-27-20)17-6-5-9-30-17;/h5-6,9,11-12,14H,4,7-8,10,13H2,1-3H3,(H2,23,24,25)(H,26,27,28);1H. The zero-order valence-corrected chi connectivity index (χ0v) is 20.8. The molecule has 0 spiro atoms. The van der Waals surface area contributed by atoms with Crippen LogP contribution in [0.15, 0.2) is 39.9 Å². The van der Waals surface area contributed by atoms with E-state index in [0.717, 1.165) is 29.3 Å². The highest BCUT2D eigenvalue weighted by molar-refractivity contribution is 14.0. The average molecular weight is 552 g/mol. The Labute approximate surface area is 204 Å². The number of aliphatic imine (C=N–C) groups is 1. The lowest BCUT2D eigenvalue weighted by molar-refractivity contribution is 0.254. The van der Waals surface area contributed by atoms with Crippen molar-refractivity contribution in [3.05, 3.63) is 47.5 Å². The minimum absolute atomic E-state index is 0. The number of H-pyrrole nitrogens is 1. The summed E-state index contributed by atoms with van der Waals surface area (Å²) >= 11 is 0. The topological polar surface area (TPSA) is 110 Å². The highest BCUT2D eigenvalue weighted by Gasteiger charge is 2.22. The summed E-state index contributed by atoms with van der Waals surface area (Å²) < 4.78 is 17.1. The Morgan fingerprint density at radius 3 is 2.97 bits per heavy atom. The van der Waals surface area contributed by atoms with Gasteiger partial charge >= 0.3 is 0 Å². The Hall–Kier alpha value is -2.76. The molecule has 3 N–H and O–H groups in total. The van der Waals surface area contributed by atoms with Crippen LogP contribution in [0.1, 0.15) is 30.8 Å². The minimum Gasteiger partial charge on any atom is -0.494 e. The molecule has 0 aliphatic carbocycles. The molecule has 4 rings (SSSR count). The second kappa shape index (κ2) is 11.2. The first-order valence-electron chi connectivity index (χ1n) is 10.5. The summed E-state index contributed by atoms with van der Waals surface area (Å²) in [5.41, 5.74) is 2.24. The molecule has 1 aliphatic rings. The predicted molar refractivity (Wildman–Crippen MR) is 133 cm³/mol. The molecule has 10 heteroatoms. The van der Waals surface area contributed by atoms with E-state index in [1.54, 1.807) is 13.3 Å². The van der Waals surface area contributed by atoms with Crippen molar-refractivity contribution in [2.24, 2.45) is 4.99 Å².